The molecule has 2 unspecified atom stereocenters. The van der Waals surface area contributed by atoms with E-state index in [1.54, 1.807) is 0 Å². The first-order valence-electron chi connectivity index (χ1n) is 8.78. The molecule has 0 aromatic heterocycles. The first-order chi connectivity index (χ1) is 9.72. The Morgan fingerprint density at radius 3 is 2.70 bits per heavy atom. The minimum absolute atomic E-state index is 0.750. The van der Waals surface area contributed by atoms with Crippen LogP contribution in [0.3, 0.4) is 0 Å². The molecule has 2 aliphatic heterocycles. The normalized spacial score (nSPS) is 28.2. The van der Waals surface area contributed by atoms with Crippen molar-refractivity contribution in [1.29, 1.82) is 0 Å². The number of hydrogen-bond acceptors (Lipinski definition) is 3. The second kappa shape index (κ2) is 8.35. The fourth-order valence-corrected chi connectivity index (χ4v) is 3.71. The number of piperazine rings is 1. The summed E-state index contributed by atoms with van der Waals surface area (Å²) in [5.74, 6) is 0.762. The van der Waals surface area contributed by atoms with Gasteiger partial charge in [0, 0.05) is 44.9 Å². The van der Waals surface area contributed by atoms with Crippen molar-refractivity contribution in [2.24, 2.45) is 5.92 Å². The van der Waals surface area contributed by atoms with E-state index >= 15 is 0 Å². The van der Waals surface area contributed by atoms with Crippen molar-refractivity contribution in [2.75, 3.05) is 39.4 Å². The second-order valence-corrected chi connectivity index (χ2v) is 6.92. The van der Waals surface area contributed by atoms with Gasteiger partial charge in [-0.05, 0) is 38.1 Å². The van der Waals surface area contributed by atoms with E-state index in [1.807, 2.05) is 0 Å². The maximum atomic E-state index is 5.71. The average molecular weight is 282 g/mol. The van der Waals surface area contributed by atoms with Crippen LogP contribution < -0.4 is 0 Å². The molecule has 2 aliphatic rings. The highest BCUT2D eigenvalue weighted by Crippen LogP contribution is 2.27. The average Bonchev–Trinajstić information content (AvgIpc) is 2.88. The summed E-state index contributed by atoms with van der Waals surface area (Å²) >= 11 is 0. The third-order valence-corrected chi connectivity index (χ3v) is 4.98. The van der Waals surface area contributed by atoms with Gasteiger partial charge in [0.2, 0.25) is 0 Å². The van der Waals surface area contributed by atoms with E-state index < -0.39 is 0 Å². The zero-order valence-electron chi connectivity index (χ0n) is 13.8. The van der Waals surface area contributed by atoms with Crippen LogP contribution >= 0.6 is 0 Å². The van der Waals surface area contributed by atoms with Crippen molar-refractivity contribution in [2.45, 2.75) is 65.0 Å². The molecule has 0 aliphatic carbocycles. The summed E-state index contributed by atoms with van der Waals surface area (Å²) in [6.07, 6.45) is 6.45. The van der Waals surface area contributed by atoms with Crippen LogP contribution in [0.4, 0.5) is 0 Å². The fraction of sp³-hybridized carbons (Fsp3) is 1.00. The number of fused-ring (bicyclic) bond motifs is 1. The van der Waals surface area contributed by atoms with E-state index in [-0.39, 0.29) is 0 Å². The standard InChI is InChI=1S/C17H34N2O/c1-4-5-11-20-12-7-10-19-13-16-8-6-9-18(16)14-17(19)15(2)3/h15-17H,4-14H2,1-3H3. The predicted molar refractivity (Wildman–Crippen MR) is 85.1 cm³/mol. The van der Waals surface area contributed by atoms with Crippen LogP contribution in [0.2, 0.25) is 0 Å². The van der Waals surface area contributed by atoms with Crippen molar-refractivity contribution in [1.82, 2.24) is 9.80 Å². The zero-order valence-corrected chi connectivity index (χ0v) is 13.8. The van der Waals surface area contributed by atoms with Gasteiger partial charge in [-0.15, -0.1) is 0 Å². The lowest BCUT2D eigenvalue weighted by Crippen LogP contribution is -2.57. The van der Waals surface area contributed by atoms with Gasteiger partial charge in [-0.1, -0.05) is 27.2 Å². The molecule has 0 aromatic carbocycles. The molecule has 0 spiro atoms. The first kappa shape index (κ1) is 16.3. The van der Waals surface area contributed by atoms with Crippen LogP contribution in [0.5, 0.6) is 0 Å². The highest BCUT2D eigenvalue weighted by molar-refractivity contribution is 4.93. The second-order valence-electron chi connectivity index (χ2n) is 6.92. The minimum Gasteiger partial charge on any atom is -0.381 e. The van der Waals surface area contributed by atoms with Crippen LogP contribution in [0.25, 0.3) is 0 Å². The Labute approximate surface area is 125 Å². The molecule has 0 amide bonds. The number of hydrogen-bond donors (Lipinski definition) is 0. The van der Waals surface area contributed by atoms with E-state index in [9.17, 15) is 0 Å². The van der Waals surface area contributed by atoms with Gasteiger partial charge in [0.25, 0.3) is 0 Å². The van der Waals surface area contributed by atoms with Gasteiger partial charge in [0.1, 0.15) is 0 Å². The molecule has 2 saturated heterocycles. The summed E-state index contributed by atoms with van der Waals surface area (Å²) in [6, 6.07) is 1.59. The summed E-state index contributed by atoms with van der Waals surface area (Å²) in [7, 11) is 0. The van der Waals surface area contributed by atoms with Crippen LogP contribution in [-0.2, 0) is 4.74 Å². The monoisotopic (exact) mass is 282 g/mol. The molecule has 20 heavy (non-hydrogen) atoms. The van der Waals surface area contributed by atoms with Gasteiger partial charge < -0.3 is 4.74 Å². The fourth-order valence-electron chi connectivity index (χ4n) is 3.71. The Bertz CT molecular complexity index is 270. The van der Waals surface area contributed by atoms with Crippen LogP contribution in [0, 0.1) is 5.92 Å². The SMILES string of the molecule is CCCCOCCCN1CC2CCCN2CC1C(C)C. The Balaban J connectivity index is 1.72. The van der Waals surface area contributed by atoms with Crippen molar-refractivity contribution < 1.29 is 4.74 Å². The molecule has 2 rings (SSSR count). The van der Waals surface area contributed by atoms with Crippen molar-refractivity contribution in [3.05, 3.63) is 0 Å². The molecular formula is C17H34N2O. The summed E-state index contributed by atoms with van der Waals surface area (Å²) in [4.78, 5) is 5.49. The number of ether oxygens (including phenoxy) is 1. The highest BCUT2D eigenvalue weighted by atomic mass is 16.5. The van der Waals surface area contributed by atoms with Gasteiger partial charge in [0.05, 0.1) is 0 Å². The minimum atomic E-state index is 0.750. The summed E-state index contributed by atoms with van der Waals surface area (Å²) in [5, 5.41) is 0. The van der Waals surface area contributed by atoms with E-state index in [2.05, 4.69) is 30.6 Å². The Hall–Kier alpha value is -0.120. The molecule has 0 radical (unpaired) electrons. The quantitative estimate of drug-likeness (QED) is 0.637. The maximum Gasteiger partial charge on any atom is 0.0478 e. The number of nitrogens with zero attached hydrogens (tertiary/aromatic N) is 2. The summed E-state index contributed by atoms with van der Waals surface area (Å²) in [6.45, 7) is 14.0. The summed E-state index contributed by atoms with van der Waals surface area (Å²) in [5.41, 5.74) is 0. The molecule has 2 atom stereocenters. The molecule has 2 fully saturated rings. The van der Waals surface area contributed by atoms with E-state index in [0.29, 0.717) is 0 Å². The molecule has 3 nitrogen and oxygen atoms in total. The van der Waals surface area contributed by atoms with Crippen molar-refractivity contribution in [3.63, 3.8) is 0 Å². The lowest BCUT2D eigenvalue weighted by molar-refractivity contribution is 0.0217. The Morgan fingerprint density at radius 1 is 1.15 bits per heavy atom. The predicted octanol–water partition coefficient (Wildman–Crippen LogP) is 3.00. The Kier molecular flexibility index (Phi) is 6.79. The highest BCUT2D eigenvalue weighted by Gasteiger charge is 2.36. The van der Waals surface area contributed by atoms with E-state index in [4.69, 9.17) is 4.74 Å². The van der Waals surface area contributed by atoms with Gasteiger partial charge in [-0.2, -0.15) is 0 Å². The largest absolute Gasteiger partial charge is 0.381 e. The van der Waals surface area contributed by atoms with Gasteiger partial charge in [-0.25, -0.2) is 0 Å². The van der Waals surface area contributed by atoms with Gasteiger partial charge in [0.15, 0.2) is 0 Å². The molecular weight excluding hydrogens is 248 g/mol. The first-order valence-corrected chi connectivity index (χ1v) is 8.78. The Morgan fingerprint density at radius 2 is 1.95 bits per heavy atom. The van der Waals surface area contributed by atoms with Gasteiger partial charge in [-0.3, -0.25) is 9.80 Å². The van der Waals surface area contributed by atoms with Crippen LogP contribution in [-0.4, -0.2) is 61.3 Å². The molecule has 2 heterocycles. The van der Waals surface area contributed by atoms with Crippen LogP contribution in [0.1, 0.15) is 52.9 Å². The number of unbranched alkanes of at least 4 members (excludes halogenated alkanes) is 1. The lowest BCUT2D eigenvalue weighted by atomic mass is 9.97. The third kappa shape index (κ3) is 4.44. The summed E-state index contributed by atoms with van der Waals surface area (Å²) < 4.78 is 5.71. The topological polar surface area (TPSA) is 15.7 Å². The van der Waals surface area contributed by atoms with Crippen LogP contribution in [0.15, 0.2) is 0 Å². The van der Waals surface area contributed by atoms with Gasteiger partial charge >= 0.3 is 0 Å². The molecule has 0 saturated carbocycles. The third-order valence-electron chi connectivity index (χ3n) is 4.98. The lowest BCUT2D eigenvalue weighted by Gasteiger charge is -2.45. The van der Waals surface area contributed by atoms with Crippen molar-refractivity contribution in [3.8, 4) is 0 Å². The van der Waals surface area contributed by atoms with E-state index in [1.165, 1.54) is 58.3 Å². The maximum absolute atomic E-state index is 5.71. The number of rotatable bonds is 8. The zero-order chi connectivity index (χ0) is 14.4. The molecule has 0 bridgehead atoms. The smallest absolute Gasteiger partial charge is 0.0478 e. The molecule has 0 N–H and O–H groups in total. The molecule has 118 valence electrons. The molecule has 0 aromatic rings. The van der Waals surface area contributed by atoms with E-state index in [0.717, 1.165) is 31.2 Å². The van der Waals surface area contributed by atoms with Crippen molar-refractivity contribution >= 4 is 0 Å². The molecule has 3 heteroatoms.